The topological polar surface area (TPSA) is 86.5 Å². The summed E-state index contributed by atoms with van der Waals surface area (Å²) in [6, 6.07) is 12.9. The molecule has 2 atom stereocenters. The molecule has 7 heteroatoms. The van der Waals surface area contributed by atoms with Gasteiger partial charge in [-0.2, -0.15) is 0 Å². The number of nitro benzene ring substituents is 1. The summed E-state index contributed by atoms with van der Waals surface area (Å²) in [5.41, 5.74) is 1.29. The van der Waals surface area contributed by atoms with E-state index in [1.54, 1.807) is 36.4 Å². The van der Waals surface area contributed by atoms with Crippen molar-refractivity contribution in [3.63, 3.8) is 0 Å². The highest BCUT2D eigenvalue weighted by Crippen LogP contribution is 2.30. The summed E-state index contributed by atoms with van der Waals surface area (Å²) in [7, 11) is 0. The van der Waals surface area contributed by atoms with Gasteiger partial charge in [0.05, 0.1) is 11.5 Å². The molecule has 1 saturated heterocycles. The van der Waals surface area contributed by atoms with Crippen LogP contribution in [0.5, 0.6) is 0 Å². The van der Waals surface area contributed by atoms with Gasteiger partial charge in [0, 0.05) is 28.1 Å². The minimum absolute atomic E-state index is 0.00462. The fraction of sp³-hybridized carbons (Fsp3) is 0.222. The first-order chi connectivity index (χ1) is 12.0. The second-order valence-electron chi connectivity index (χ2n) is 5.87. The van der Waals surface area contributed by atoms with Crippen LogP contribution in [0.3, 0.4) is 0 Å². The van der Waals surface area contributed by atoms with E-state index in [0.717, 1.165) is 10.0 Å². The number of nitrogens with zero attached hydrogens (tertiary/aromatic N) is 1. The number of Topliss-reactive ketones (excluding diaryl/α,β-unsaturated/α-hetero) is 1. The van der Waals surface area contributed by atoms with Gasteiger partial charge in [-0.15, -0.1) is 0 Å². The van der Waals surface area contributed by atoms with Gasteiger partial charge in [-0.3, -0.25) is 19.7 Å². The second kappa shape index (κ2) is 7.14. The number of carbonyl (C=O) groups excluding carboxylic acids is 2. The zero-order valence-corrected chi connectivity index (χ0v) is 14.6. The Morgan fingerprint density at radius 3 is 2.40 bits per heavy atom. The smallest absolute Gasteiger partial charge is 0.317 e. The molecule has 6 nitrogen and oxygen atoms in total. The van der Waals surface area contributed by atoms with Crippen molar-refractivity contribution in [2.45, 2.75) is 6.42 Å². The second-order valence-corrected chi connectivity index (χ2v) is 6.78. The van der Waals surface area contributed by atoms with Gasteiger partial charge in [0.1, 0.15) is 5.92 Å². The molecule has 3 rings (SSSR count). The number of carbonyl (C=O) groups is 2. The summed E-state index contributed by atoms with van der Waals surface area (Å²) in [6.45, 7) is 0.169. The lowest BCUT2D eigenvalue weighted by Crippen LogP contribution is -2.27. The van der Waals surface area contributed by atoms with E-state index in [0.29, 0.717) is 12.0 Å². The Bertz CT molecular complexity index is 816. The zero-order chi connectivity index (χ0) is 18.0. The Morgan fingerprint density at radius 1 is 1.16 bits per heavy atom. The first kappa shape index (κ1) is 17.3. The summed E-state index contributed by atoms with van der Waals surface area (Å²) in [6.07, 6.45) is 0.441. The molecule has 0 aromatic heterocycles. The van der Waals surface area contributed by atoms with E-state index < -0.39 is 16.8 Å². The van der Waals surface area contributed by atoms with E-state index in [-0.39, 0.29) is 24.0 Å². The number of rotatable bonds is 5. The van der Waals surface area contributed by atoms with Crippen molar-refractivity contribution in [2.24, 2.45) is 11.8 Å². The van der Waals surface area contributed by atoms with Crippen molar-refractivity contribution in [1.82, 2.24) is 0 Å². The van der Waals surface area contributed by atoms with Crippen molar-refractivity contribution in [3.05, 3.63) is 74.2 Å². The minimum atomic E-state index is -0.851. The molecular formula is C18H14BrNO5. The number of hydrogen-bond acceptors (Lipinski definition) is 5. The maximum absolute atomic E-state index is 12.7. The van der Waals surface area contributed by atoms with Crippen LogP contribution in [-0.4, -0.2) is 23.3 Å². The Balaban J connectivity index is 1.78. The first-order valence-corrected chi connectivity index (χ1v) is 8.45. The van der Waals surface area contributed by atoms with Crippen molar-refractivity contribution < 1.29 is 19.2 Å². The first-order valence-electron chi connectivity index (χ1n) is 7.65. The predicted octanol–water partition coefficient (Wildman–Crippen LogP) is 3.57. The standard InChI is InChI=1S/C18H14BrNO5/c19-14-5-3-12(4-6-14)17(21)16-13(10-25-18(16)22)9-11-1-7-15(8-2-11)20(23)24/h1-8,13,16H,9-10H2/t13-,16-/m0/s1. The van der Waals surface area contributed by atoms with Crippen molar-refractivity contribution in [2.75, 3.05) is 6.61 Å². The summed E-state index contributed by atoms with van der Waals surface area (Å²) in [5, 5.41) is 10.7. The van der Waals surface area contributed by atoms with Gasteiger partial charge in [0.25, 0.3) is 5.69 Å². The molecule has 25 heavy (non-hydrogen) atoms. The third-order valence-electron chi connectivity index (χ3n) is 4.22. The average Bonchev–Trinajstić information content (AvgIpc) is 2.96. The predicted molar refractivity (Wildman–Crippen MR) is 93.2 cm³/mol. The Morgan fingerprint density at radius 2 is 1.80 bits per heavy atom. The fourth-order valence-corrected chi connectivity index (χ4v) is 3.18. The molecule has 1 heterocycles. The van der Waals surface area contributed by atoms with E-state index in [9.17, 15) is 19.7 Å². The van der Waals surface area contributed by atoms with Crippen LogP contribution in [0.4, 0.5) is 5.69 Å². The minimum Gasteiger partial charge on any atom is -0.465 e. The Labute approximate surface area is 152 Å². The van der Waals surface area contributed by atoms with E-state index in [2.05, 4.69) is 15.9 Å². The lowest BCUT2D eigenvalue weighted by Gasteiger charge is -2.14. The van der Waals surface area contributed by atoms with E-state index in [1.165, 1.54) is 12.1 Å². The zero-order valence-electron chi connectivity index (χ0n) is 13.1. The van der Waals surface area contributed by atoms with Gasteiger partial charge in [-0.1, -0.05) is 40.2 Å². The highest BCUT2D eigenvalue weighted by molar-refractivity contribution is 9.10. The van der Waals surface area contributed by atoms with Crippen molar-refractivity contribution in [3.8, 4) is 0 Å². The van der Waals surface area contributed by atoms with Crippen LogP contribution in [0, 0.1) is 22.0 Å². The number of hydrogen-bond donors (Lipinski definition) is 0. The molecule has 1 aliphatic heterocycles. The summed E-state index contributed by atoms with van der Waals surface area (Å²) in [4.78, 5) is 35.0. The lowest BCUT2D eigenvalue weighted by molar-refractivity contribution is -0.384. The van der Waals surface area contributed by atoms with Crippen LogP contribution in [-0.2, 0) is 16.0 Å². The lowest BCUT2D eigenvalue weighted by atomic mass is 9.84. The normalized spacial score (nSPS) is 19.5. The Hall–Kier alpha value is -2.54. The molecule has 1 fully saturated rings. The number of nitro groups is 1. The molecular weight excluding hydrogens is 390 g/mol. The maximum Gasteiger partial charge on any atom is 0.317 e. The van der Waals surface area contributed by atoms with E-state index in [1.807, 2.05) is 0 Å². The molecule has 1 aliphatic rings. The molecule has 0 aliphatic carbocycles. The summed E-state index contributed by atoms with van der Waals surface area (Å²) in [5.74, 6) is -1.91. The number of ether oxygens (including phenoxy) is 1. The number of ketones is 1. The highest BCUT2D eigenvalue weighted by atomic mass is 79.9. The summed E-state index contributed by atoms with van der Waals surface area (Å²) >= 11 is 3.31. The third-order valence-corrected chi connectivity index (χ3v) is 4.75. The highest BCUT2D eigenvalue weighted by Gasteiger charge is 2.42. The molecule has 0 unspecified atom stereocenters. The molecule has 0 radical (unpaired) electrons. The quantitative estimate of drug-likeness (QED) is 0.250. The molecule has 0 N–H and O–H groups in total. The van der Waals surface area contributed by atoms with Crippen LogP contribution in [0.1, 0.15) is 15.9 Å². The molecule has 0 amide bonds. The molecule has 2 aromatic carbocycles. The van der Waals surface area contributed by atoms with Gasteiger partial charge in [-0.25, -0.2) is 0 Å². The third kappa shape index (κ3) is 3.76. The van der Waals surface area contributed by atoms with Crippen LogP contribution in [0.2, 0.25) is 0 Å². The van der Waals surface area contributed by atoms with Gasteiger partial charge >= 0.3 is 5.97 Å². The molecule has 2 aromatic rings. The monoisotopic (exact) mass is 403 g/mol. The fourth-order valence-electron chi connectivity index (χ4n) is 2.92. The van der Waals surface area contributed by atoms with Crippen LogP contribution in [0.15, 0.2) is 53.0 Å². The summed E-state index contributed by atoms with van der Waals surface area (Å²) < 4.78 is 5.95. The van der Waals surface area contributed by atoms with Crippen LogP contribution in [0.25, 0.3) is 0 Å². The number of cyclic esters (lactones) is 1. The SMILES string of the molecule is O=C1OC[C@H](Cc2ccc([N+](=O)[O-])cc2)[C@H]1C(=O)c1ccc(Br)cc1. The van der Waals surface area contributed by atoms with Crippen molar-refractivity contribution >= 4 is 33.4 Å². The van der Waals surface area contributed by atoms with Gasteiger partial charge in [0.15, 0.2) is 5.78 Å². The maximum atomic E-state index is 12.7. The van der Waals surface area contributed by atoms with E-state index in [4.69, 9.17) is 4.74 Å². The van der Waals surface area contributed by atoms with Crippen LogP contribution >= 0.6 is 15.9 Å². The van der Waals surface area contributed by atoms with E-state index >= 15 is 0 Å². The number of halogens is 1. The van der Waals surface area contributed by atoms with Gasteiger partial charge < -0.3 is 4.74 Å². The number of esters is 1. The Kier molecular flexibility index (Phi) is 4.94. The average molecular weight is 404 g/mol. The van der Waals surface area contributed by atoms with Crippen LogP contribution < -0.4 is 0 Å². The molecule has 128 valence electrons. The van der Waals surface area contributed by atoms with Gasteiger partial charge in [0.2, 0.25) is 0 Å². The number of non-ortho nitro benzene ring substituents is 1. The number of benzene rings is 2. The van der Waals surface area contributed by atoms with Crippen molar-refractivity contribution in [1.29, 1.82) is 0 Å². The molecule has 0 spiro atoms. The van der Waals surface area contributed by atoms with Gasteiger partial charge in [-0.05, 0) is 24.1 Å². The largest absolute Gasteiger partial charge is 0.465 e. The molecule has 0 saturated carbocycles. The molecule has 0 bridgehead atoms.